The van der Waals surface area contributed by atoms with Gasteiger partial charge in [-0.1, -0.05) is 0 Å². The summed E-state index contributed by atoms with van der Waals surface area (Å²) in [5, 5.41) is 8.84. The van der Waals surface area contributed by atoms with Gasteiger partial charge in [-0.3, -0.25) is 9.59 Å². The minimum Gasteiger partial charge on any atom is -0.462 e. The summed E-state index contributed by atoms with van der Waals surface area (Å²) < 4.78 is 9.12. The van der Waals surface area contributed by atoms with Crippen LogP contribution in [0.15, 0.2) is 0 Å². The van der Waals surface area contributed by atoms with Gasteiger partial charge in [-0.25, -0.2) is 0 Å². The van der Waals surface area contributed by atoms with Crippen LogP contribution in [0.1, 0.15) is 13.8 Å². The van der Waals surface area contributed by atoms with Crippen LogP contribution in [0.2, 0.25) is 0 Å². The number of carbonyl (C=O) groups is 2. The Hall–Kier alpha value is -1.86. The number of rotatable bonds is 6. The molecule has 8 heteroatoms. The first kappa shape index (κ1) is 13.1. The molecule has 15 heavy (non-hydrogen) atoms. The van der Waals surface area contributed by atoms with E-state index in [9.17, 15) is 19.7 Å². The summed E-state index contributed by atoms with van der Waals surface area (Å²) in [4.78, 5) is 34.8. The van der Waals surface area contributed by atoms with Gasteiger partial charge in [-0.2, -0.15) is 0 Å². The van der Waals surface area contributed by atoms with Crippen LogP contribution in [-0.2, 0) is 23.9 Å². The topological polar surface area (TPSA) is 105 Å². The molecule has 0 radical (unpaired) electrons. The Bertz CT molecular complexity index is 234. The molecule has 0 aliphatic rings. The molecule has 0 spiro atoms. The Morgan fingerprint density at radius 3 is 2.27 bits per heavy atom. The van der Waals surface area contributed by atoms with Gasteiger partial charge in [0.1, 0.15) is 13.2 Å². The van der Waals surface area contributed by atoms with Crippen molar-refractivity contribution in [2.45, 2.75) is 20.0 Å². The average Bonchev–Trinajstić information content (AvgIpc) is 2.08. The highest BCUT2D eigenvalue weighted by Crippen LogP contribution is 1.96. The van der Waals surface area contributed by atoms with Crippen LogP contribution in [0.4, 0.5) is 0 Å². The first-order valence-corrected chi connectivity index (χ1v) is 3.99. The molecule has 1 atom stereocenters. The van der Waals surface area contributed by atoms with Gasteiger partial charge in [0.05, 0.1) is 0 Å². The molecule has 0 N–H and O–H groups in total. The summed E-state index contributed by atoms with van der Waals surface area (Å²) in [6.45, 7) is 1.55. The minimum atomic E-state index is -1.02. The second-order valence-electron chi connectivity index (χ2n) is 2.55. The molecule has 0 saturated carbocycles. The van der Waals surface area contributed by atoms with Crippen molar-refractivity contribution in [2.75, 3.05) is 13.2 Å². The maximum Gasteiger partial charge on any atom is 0.303 e. The highest BCUT2D eigenvalue weighted by Gasteiger charge is 2.15. The summed E-state index contributed by atoms with van der Waals surface area (Å²) in [5.41, 5.74) is 0. The normalized spacial score (nSPS) is 11.3. The van der Waals surface area contributed by atoms with E-state index in [4.69, 9.17) is 0 Å². The van der Waals surface area contributed by atoms with Crippen LogP contribution in [0, 0.1) is 10.1 Å². The Labute approximate surface area is 85.2 Å². The van der Waals surface area contributed by atoms with E-state index in [0.717, 1.165) is 6.92 Å². The molecule has 0 aromatic heterocycles. The second-order valence-corrected chi connectivity index (χ2v) is 2.55. The van der Waals surface area contributed by atoms with E-state index in [1.54, 1.807) is 0 Å². The number of carbonyl (C=O) groups excluding carboxylic acids is 2. The standard InChI is InChI=1S/C7H11NO7/c1-5(9)13-3-7(15-6(2)10)4-14-8(11)12/h7H,3-4H2,1-2H3. The molecule has 0 fully saturated rings. The average molecular weight is 221 g/mol. The summed E-state index contributed by atoms with van der Waals surface area (Å²) in [6.07, 6.45) is -0.975. The zero-order valence-electron chi connectivity index (χ0n) is 8.30. The van der Waals surface area contributed by atoms with E-state index in [-0.39, 0.29) is 6.61 Å². The summed E-state index contributed by atoms with van der Waals surface area (Å²) in [5.74, 6) is -1.22. The largest absolute Gasteiger partial charge is 0.462 e. The van der Waals surface area contributed by atoms with Gasteiger partial charge in [0, 0.05) is 13.8 Å². The van der Waals surface area contributed by atoms with Crippen LogP contribution in [0.3, 0.4) is 0 Å². The lowest BCUT2D eigenvalue weighted by Gasteiger charge is -2.14. The van der Waals surface area contributed by atoms with Crippen LogP contribution >= 0.6 is 0 Å². The zero-order valence-corrected chi connectivity index (χ0v) is 8.30. The third-order valence-corrected chi connectivity index (χ3v) is 1.17. The van der Waals surface area contributed by atoms with Crippen LogP contribution < -0.4 is 0 Å². The number of hydrogen-bond acceptors (Lipinski definition) is 7. The fourth-order valence-electron chi connectivity index (χ4n) is 0.705. The van der Waals surface area contributed by atoms with Crippen molar-refractivity contribution in [3.63, 3.8) is 0 Å². The predicted molar refractivity (Wildman–Crippen MR) is 45.1 cm³/mol. The van der Waals surface area contributed by atoms with Gasteiger partial charge < -0.3 is 14.3 Å². The molecule has 0 amide bonds. The van der Waals surface area contributed by atoms with Gasteiger partial charge >= 0.3 is 11.9 Å². The second kappa shape index (κ2) is 6.57. The Morgan fingerprint density at radius 1 is 1.27 bits per heavy atom. The van der Waals surface area contributed by atoms with E-state index in [1.165, 1.54) is 6.92 Å². The first-order chi connectivity index (χ1) is 6.91. The molecule has 0 rings (SSSR count). The summed E-state index contributed by atoms with van der Waals surface area (Å²) in [7, 11) is 0. The Kier molecular flexibility index (Phi) is 5.76. The molecule has 86 valence electrons. The molecular weight excluding hydrogens is 210 g/mol. The highest BCUT2D eigenvalue weighted by molar-refractivity contribution is 5.67. The van der Waals surface area contributed by atoms with Gasteiger partial charge in [0.25, 0.3) is 5.09 Å². The summed E-state index contributed by atoms with van der Waals surface area (Å²) >= 11 is 0. The Balaban J connectivity index is 3.99. The van der Waals surface area contributed by atoms with E-state index in [0.29, 0.717) is 0 Å². The van der Waals surface area contributed by atoms with Crippen LogP contribution in [-0.4, -0.2) is 36.3 Å². The lowest BCUT2D eigenvalue weighted by Crippen LogP contribution is -2.29. The van der Waals surface area contributed by atoms with Gasteiger partial charge in [0.2, 0.25) is 0 Å². The molecule has 0 heterocycles. The van der Waals surface area contributed by atoms with Gasteiger partial charge in [-0.15, -0.1) is 10.1 Å². The lowest BCUT2D eigenvalue weighted by molar-refractivity contribution is -0.759. The van der Waals surface area contributed by atoms with Crippen molar-refractivity contribution in [3.05, 3.63) is 10.1 Å². The quantitative estimate of drug-likeness (QED) is 0.344. The van der Waals surface area contributed by atoms with Gasteiger partial charge in [0.15, 0.2) is 6.10 Å². The Morgan fingerprint density at radius 2 is 1.87 bits per heavy atom. The van der Waals surface area contributed by atoms with Crippen molar-refractivity contribution in [1.82, 2.24) is 0 Å². The fraction of sp³-hybridized carbons (Fsp3) is 0.714. The smallest absolute Gasteiger partial charge is 0.303 e. The van der Waals surface area contributed by atoms with E-state index in [1.807, 2.05) is 0 Å². The third kappa shape index (κ3) is 8.47. The number of nitrogens with zero attached hydrogens (tertiary/aromatic N) is 1. The number of ether oxygens (including phenoxy) is 2. The van der Waals surface area contributed by atoms with Crippen molar-refractivity contribution in [1.29, 1.82) is 0 Å². The van der Waals surface area contributed by atoms with E-state index >= 15 is 0 Å². The molecule has 0 aliphatic heterocycles. The molecular formula is C7H11NO7. The number of hydrogen-bond donors (Lipinski definition) is 0. The molecule has 0 bridgehead atoms. The highest BCUT2D eigenvalue weighted by atomic mass is 17.0. The fourth-order valence-corrected chi connectivity index (χ4v) is 0.705. The molecule has 0 aromatic rings. The third-order valence-electron chi connectivity index (χ3n) is 1.17. The lowest BCUT2D eigenvalue weighted by atomic mass is 10.4. The maximum atomic E-state index is 10.6. The zero-order chi connectivity index (χ0) is 11.8. The SMILES string of the molecule is CC(=O)OCC(CO[N+](=O)[O-])OC(C)=O. The molecule has 0 saturated heterocycles. The summed E-state index contributed by atoms with van der Waals surface area (Å²) in [6, 6.07) is 0. The van der Waals surface area contributed by atoms with Crippen LogP contribution in [0.5, 0.6) is 0 Å². The number of esters is 2. The van der Waals surface area contributed by atoms with Crippen molar-refractivity contribution in [3.8, 4) is 0 Å². The first-order valence-electron chi connectivity index (χ1n) is 3.99. The van der Waals surface area contributed by atoms with E-state index < -0.39 is 29.7 Å². The van der Waals surface area contributed by atoms with Crippen LogP contribution in [0.25, 0.3) is 0 Å². The molecule has 8 nitrogen and oxygen atoms in total. The van der Waals surface area contributed by atoms with E-state index in [2.05, 4.69) is 14.3 Å². The predicted octanol–water partition coefficient (Wildman–Crippen LogP) is -0.310. The van der Waals surface area contributed by atoms with Crippen molar-refractivity contribution >= 4 is 11.9 Å². The minimum absolute atomic E-state index is 0.275. The molecule has 0 aromatic carbocycles. The van der Waals surface area contributed by atoms with Crippen molar-refractivity contribution < 1.29 is 29.0 Å². The maximum absolute atomic E-state index is 10.6. The monoisotopic (exact) mass is 221 g/mol. The molecule has 1 unspecified atom stereocenters. The molecule has 0 aliphatic carbocycles. The van der Waals surface area contributed by atoms with Gasteiger partial charge in [-0.05, 0) is 0 Å². The van der Waals surface area contributed by atoms with Crippen molar-refractivity contribution in [2.24, 2.45) is 0 Å².